The Morgan fingerprint density at radius 2 is 2.35 bits per heavy atom. The van der Waals surface area contributed by atoms with Gasteiger partial charge in [0, 0.05) is 43.3 Å². The number of pyridine rings is 1. The number of nitrogens with one attached hydrogen (secondary N) is 1. The summed E-state index contributed by atoms with van der Waals surface area (Å²) >= 11 is 5.23. The molecule has 4 nitrogen and oxygen atoms in total. The summed E-state index contributed by atoms with van der Waals surface area (Å²) < 4.78 is 1.15. The Kier molecular flexibility index (Phi) is 5.80. The molecule has 0 bridgehead atoms. The van der Waals surface area contributed by atoms with E-state index < -0.39 is 0 Å². The van der Waals surface area contributed by atoms with Crippen molar-refractivity contribution < 1.29 is 4.79 Å². The average Bonchev–Trinajstić information content (AvgIpc) is 3.01. The van der Waals surface area contributed by atoms with Crippen molar-refractivity contribution in [2.45, 2.75) is 25.3 Å². The zero-order valence-electron chi connectivity index (χ0n) is 12.9. The third kappa shape index (κ3) is 4.40. The zero-order chi connectivity index (χ0) is 16.1. The van der Waals surface area contributed by atoms with E-state index >= 15 is 0 Å². The van der Waals surface area contributed by atoms with Crippen LogP contribution in [-0.4, -0.2) is 35.4 Å². The molecule has 1 N–H and O–H groups in total. The fourth-order valence-electron chi connectivity index (χ4n) is 2.92. The molecule has 1 fully saturated rings. The van der Waals surface area contributed by atoms with Gasteiger partial charge in [0.05, 0.1) is 9.83 Å². The van der Waals surface area contributed by atoms with Crippen LogP contribution in [0.2, 0.25) is 0 Å². The number of halogens is 1. The number of aryl methyl sites for hydroxylation is 1. The van der Waals surface area contributed by atoms with Gasteiger partial charge in [-0.2, -0.15) is 0 Å². The van der Waals surface area contributed by atoms with Gasteiger partial charge in [0.25, 0.3) is 0 Å². The molecule has 3 rings (SSSR count). The topological polar surface area (TPSA) is 45.2 Å². The van der Waals surface area contributed by atoms with Crippen molar-refractivity contribution in [3.63, 3.8) is 0 Å². The van der Waals surface area contributed by atoms with Crippen molar-refractivity contribution in [2.75, 3.05) is 19.6 Å². The third-order valence-electron chi connectivity index (χ3n) is 4.08. The SMILES string of the molecule is O=C(CCCc1ccc(Br)s1)N1CCNCC1c1cccnc1. The van der Waals surface area contributed by atoms with Crippen molar-refractivity contribution in [1.82, 2.24) is 15.2 Å². The van der Waals surface area contributed by atoms with Crippen LogP contribution >= 0.6 is 27.3 Å². The smallest absolute Gasteiger partial charge is 0.223 e. The molecular formula is C17H20BrN3OS. The van der Waals surface area contributed by atoms with E-state index in [1.165, 1.54) is 4.88 Å². The summed E-state index contributed by atoms with van der Waals surface area (Å²) in [7, 11) is 0. The highest BCUT2D eigenvalue weighted by Crippen LogP contribution is 2.25. The number of piperazine rings is 1. The van der Waals surface area contributed by atoms with Gasteiger partial charge in [0.1, 0.15) is 0 Å². The van der Waals surface area contributed by atoms with Gasteiger partial charge < -0.3 is 10.2 Å². The molecule has 1 aliphatic heterocycles. The molecule has 0 aliphatic carbocycles. The Labute approximate surface area is 149 Å². The van der Waals surface area contributed by atoms with Crippen LogP contribution in [-0.2, 0) is 11.2 Å². The third-order valence-corrected chi connectivity index (χ3v) is 5.76. The van der Waals surface area contributed by atoms with Gasteiger partial charge in [0.15, 0.2) is 0 Å². The highest BCUT2D eigenvalue weighted by Gasteiger charge is 2.27. The summed E-state index contributed by atoms with van der Waals surface area (Å²) in [5.74, 6) is 0.246. The van der Waals surface area contributed by atoms with Crippen LogP contribution in [0.15, 0.2) is 40.4 Å². The van der Waals surface area contributed by atoms with Gasteiger partial charge >= 0.3 is 0 Å². The van der Waals surface area contributed by atoms with Crippen LogP contribution in [0, 0.1) is 0 Å². The molecule has 3 heterocycles. The van der Waals surface area contributed by atoms with Gasteiger partial charge in [-0.05, 0) is 52.5 Å². The van der Waals surface area contributed by atoms with E-state index in [9.17, 15) is 4.79 Å². The number of carbonyl (C=O) groups excluding carboxylic acids is 1. The minimum atomic E-state index is 0.0980. The minimum Gasteiger partial charge on any atom is -0.333 e. The summed E-state index contributed by atoms with van der Waals surface area (Å²) in [6.45, 7) is 2.43. The van der Waals surface area contributed by atoms with E-state index in [1.54, 1.807) is 17.5 Å². The molecule has 0 saturated carbocycles. The molecule has 23 heavy (non-hydrogen) atoms. The molecule has 1 amide bonds. The fraction of sp³-hybridized carbons (Fsp3) is 0.412. The number of hydrogen-bond donors (Lipinski definition) is 1. The largest absolute Gasteiger partial charge is 0.333 e. The molecule has 122 valence electrons. The van der Waals surface area contributed by atoms with Crippen molar-refractivity contribution >= 4 is 33.2 Å². The number of thiophene rings is 1. The van der Waals surface area contributed by atoms with E-state index in [4.69, 9.17) is 0 Å². The van der Waals surface area contributed by atoms with Gasteiger partial charge in [0.2, 0.25) is 5.91 Å². The first-order chi connectivity index (χ1) is 11.2. The number of rotatable bonds is 5. The lowest BCUT2D eigenvalue weighted by Gasteiger charge is -2.36. The predicted molar refractivity (Wildman–Crippen MR) is 96.5 cm³/mol. The standard InChI is InChI=1S/C17H20BrN3OS/c18-16-7-6-14(23-16)4-1-5-17(22)21-10-9-20-12-15(21)13-3-2-8-19-11-13/h2-3,6-8,11,15,20H,1,4-5,9-10,12H2. The van der Waals surface area contributed by atoms with Gasteiger partial charge in [-0.3, -0.25) is 9.78 Å². The summed E-state index contributed by atoms with van der Waals surface area (Å²) in [6, 6.07) is 8.27. The molecule has 0 aromatic carbocycles. The second-order valence-electron chi connectivity index (χ2n) is 5.65. The van der Waals surface area contributed by atoms with Crippen molar-refractivity contribution in [3.05, 3.63) is 50.9 Å². The Bertz CT molecular complexity index is 646. The quantitative estimate of drug-likeness (QED) is 0.846. The van der Waals surface area contributed by atoms with E-state index in [0.29, 0.717) is 6.42 Å². The van der Waals surface area contributed by atoms with Crippen LogP contribution < -0.4 is 5.32 Å². The first-order valence-corrected chi connectivity index (χ1v) is 9.49. The number of aromatic nitrogens is 1. The number of hydrogen-bond acceptors (Lipinski definition) is 4. The molecular weight excluding hydrogens is 374 g/mol. The second kappa shape index (κ2) is 8.04. The summed E-state index contributed by atoms with van der Waals surface area (Å²) in [4.78, 5) is 20.2. The van der Waals surface area contributed by atoms with Crippen LogP contribution in [0.5, 0.6) is 0 Å². The monoisotopic (exact) mass is 393 g/mol. The van der Waals surface area contributed by atoms with E-state index in [2.05, 4.69) is 38.4 Å². The van der Waals surface area contributed by atoms with Gasteiger partial charge in [-0.25, -0.2) is 0 Å². The van der Waals surface area contributed by atoms with Crippen LogP contribution in [0.4, 0.5) is 0 Å². The Balaban J connectivity index is 1.58. The normalized spacial score (nSPS) is 18.1. The number of carbonyl (C=O) groups is 1. The Morgan fingerprint density at radius 3 is 3.09 bits per heavy atom. The molecule has 0 radical (unpaired) electrons. The van der Waals surface area contributed by atoms with Crippen molar-refractivity contribution in [3.8, 4) is 0 Å². The molecule has 2 aromatic heterocycles. The van der Waals surface area contributed by atoms with Gasteiger partial charge in [-0.15, -0.1) is 11.3 Å². The number of nitrogens with zero attached hydrogens (tertiary/aromatic N) is 2. The lowest BCUT2D eigenvalue weighted by Crippen LogP contribution is -2.48. The molecule has 2 aromatic rings. The maximum atomic E-state index is 12.6. The molecule has 0 spiro atoms. The molecule has 6 heteroatoms. The van der Waals surface area contributed by atoms with Crippen LogP contribution in [0.1, 0.15) is 29.3 Å². The van der Waals surface area contributed by atoms with Crippen molar-refractivity contribution in [2.24, 2.45) is 0 Å². The maximum absolute atomic E-state index is 12.6. The first-order valence-electron chi connectivity index (χ1n) is 7.88. The lowest BCUT2D eigenvalue weighted by molar-refractivity contribution is -0.134. The molecule has 1 unspecified atom stereocenters. The summed E-state index contributed by atoms with van der Waals surface area (Å²) in [5.41, 5.74) is 1.11. The molecule has 1 atom stereocenters. The summed E-state index contributed by atoms with van der Waals surface area (Å²) in [6.07, 6.45) is 6.10. The second-order valence-corrected chi connectivity index (χ2v) is 8.20. The van der Waals surface area contributed by atoms with E-state index in [0.717, 1.165) is 41.8 Å². The van der Waals surface area contributed by atoms with E-state index in [-0.39, 0.29) is 11.9 Å². The fourth-order valence-corrected chi connectivity index (χ4v) is 4.44. The highest BCUT2D eigenvalue weighted by molar-refractivity contribution is 9.11. The lowest BCUT2D eigenvalue weighted by atomic mass is 10.0. The highest BCUT2D eigenvalue weighted by atomic mass is 79.9. The maximum Gasteiger partial charge on any atom is 0.223 e. The number of amides is 1. The Hall–Kier alpha value is -1.24. The van der Waals surface area contributed by atoms with Gasteiger partial charge in [-0.1, -0.05) is 6.07 Å². The van der Waals surface area contributed by atoms with Crippen molar-refractivity contribution in [1.29, 1.82) is 0 Å². The predicted octanol–water partition coefficient (Wildman–Crippen LogP) is 3.40. The first kappa shape index (κ1) is 16.6. The molecule has 1 aliphatic rings. The average molecular weight is 394 g/mol. The summed E-state index contributed by atoms with van der Waals surface area (Å²) in [5, 5.41) is 3.38. The minimum absolute atomic E-state index is 0.0980. The zero-order valence-corrected chi connectivity index (χ0v) is 15.3. The van der Waals surface area contributed by atoms with Crippen LogP contribution in [0.25, 0.3) is 0 Å². The van der Waals surface area contributed by atoms with E-state index in [1.807, 2.05) is 23.2 Å². The van der Waals surface area contributed by atoms with Crippen LogP contribution in [0.3, 0.4) is 0 Å². The Morgan fingerprint density at radius 1 is 1.43 bits per heavy atom. The molecule has 1 saturated heterocycles.